The summed E-state index contributed by atoms with van der Waals surface area (Å²) in [5.74, 6) is 0.00363. The molecule has 1 aromatic rings. The molecule has 1 unspecified atom stereocenters. The lowest BCUT2D eigenvalue weighted by Gasteiger charge is -2.10. The Bertz CT molecular complexity index is 523. The Morgan fingerprint density at radius 1 is 1.44 bits per heavy atom. The van der Waals surface area contributed by atoms with Crippen LogP contribution in [0.25, 0.3) is 0 Å². The number of anilines is 1. The molecule has 3 rings (SSSR count). The fourth-order valence-electron chi connectivity index (χ4n) is 2.72. The summed E-state index contributed by atoms with van der Waals surface area (Å²) in [6, 6.07) is 2.16. The first kappa shape index (κ1) is 11.7. The maximum atomic E-state index is 12.0. The van der Waals surface area contributed by atoms with E-state index in [1.165, 1.54) is 4.88 Å². The largest absolute Gasteiger partial charge is 0.315 e. The van der Waals surface area contributed by atoms with Crippen molar-refractivity contribution in [2.24, 2.45) is 0 Å². The van der Waals surface area contributed by atoms with E-state index in [1.54, 1.807) is 11.3 Å². The molecule has 0 spiro atoms. The van der Waals surface area contributed by atoms with Gasteiger partial charge in [-0.1, -0.05) is 0 Å². The fraction of sp³-hybridized carbons (Fsp3) is 0.538. The smallest absolute Gasteiger partial charge is 0.242 e. The van der Waals surface area contributed by atoms with Crippen LogP contribution in [0.3, 0.4) is 0 Å². The number of hydrogen-bond donors (Lipinski definition) is 2. The number of carbonyl (C=O) groups is 1. The minimum Gasteiger partial charge on any atom is -0.315 e. The summed E-state index contributed by atoms with van der Waals surface area (Å²) in [6.45, 7) is 0.907. The maximum Gasteiger partial charge on any atom is 0.242 e. The van der Waals surface area contributed by atoms with Gasteiger partial charge in [-0.3, -0.25) is 4.79 Å². The van der Waals surface area contributed by atoms with Gasteiger partial charge in [0.2, 0.25) is 5.91 Å². The van der Waals surface area contributed by atoms with E-state index in [2.05, 4.69) is 16.7 Å². The van der Waals surface area contributed by atoms with Crippen LogP contribution < -0.4 is 10.6 Å². The third kappa shape index (κ3) is 1.92. The first-order chi connectivity index (χ1) is 8.79. The topological polar surface area (TPSA) is 64.9 Å². The predicted octanol–water partition coefficient (Wildman–Crippen LogP) is 1.80. The number of nitrogens with zero attached hydrogens (tertiary/aromatic N) is 1. The lowest BCUT2D eigenvalue weighted by molar-refractivity contribution is -0.117. The van der Waals surface area contributed by atoms with E-state index in [4.69, 9.17) is 0 Å². The second kappa shape index (κ2) is 4.71. The quantitative estimate of drug-likeness (QED) is 0.853. The molecule has 2 aliphatic rings. The number of aryl methyl sites for hydroxylation is 1. The molecule has 2 N–H and O–H groups in total. The Labute approximate surface area is 110 Å². The highest BCUT2D eigenvalue weighted by Gasteiger charge is 2.26. The Hall–Kier alpha value is -1.38. The van der Waals surface area contributed by atoms with Gasteiger partial charge in [-0.25, -0.2) is 0 Å². The number of fused-ring (bicyclic) bond motifs is 1. The van der Waals surface area contributed by atoms with Gasteiger partial charge in [-0.2, -0.15) is 5.26 Å². The van der Waals surface area contributed by atoms with E-state index in [0.29, 0.717) is 5.56 Å². The van der Waals surface area contributed by atoms with Gasteiger partial charge in [0.05, 0.1) is 11.6 Å². The van der Waals surface area contributed by atoms with Crippen molar-refractivity contribution in [2.45, 2.75) is 38.1 Å². The fourth-order valence-corrected chi connectivity index (χ4v) is 3.96. The summed E-state index contributed by atoms with van der Waals surface area (Å²) < 4.78 is 0. The summed E-state index contributed by atoms with van der Waals surface area (Å²) in [4.78, 5) is 13.3. The number of thiophene rings is 1. The first-order valence-electron chi connectivity index (χ1n) is 6.38. The zero-order valence-electron chi connectivity index (χ0n) is 10.1. The molecule has 0 radical (unpaired) electrons. The zero-order valence-corrected chi connectivity index (χ0v) is 10.9. The van der Waals surface area contributed by atoms with Crippen LogP contribution in [-0.4, -0.2) is 18.5 Å². The van der Waals surface area contributed by atoms with Crippen LogP contribution in [0.4, 0.5) is 5.00 Å². The van der Waals surface area contributed by atoms with Gasteiger partial charge in [0.1, 0.15) is 11.1 Å². The molecule has 0 bridgehead atoms. The molecule has 18 heavy (non-hydrogen) atoms. The third-order valence-corrected chi connectivity index (χ3v) is 4.85. The molecular formula is C13H15N3OS. The number of nitrogens with one attached hydrogen (secondary N) is 2. The van der Waals surface area contributed by atoms with Crippen molar-refractivity contribution in [1.29, 1.82) is 5.26 Å². The van der Waals surface area contributed by atoms with Crippen LogP contribution >= 0.6 is 11.3 Å². The number of hydrogen-bond acceptors (Lipinski definition) is 4. The molecule has 1 aliphatic heterocycles. The molecule has 4 nitrogen and oxygen atoms in total. The van der Waals surface area contributed by atoms with Gasteiger partial charge in [0.15, 0.2) is 0 Å². The zero-order chi connectivity index (χ0) is 12.5. The summed E-state index contributed by atoms with van der Waals surface area (Å²) in [5, 5.41) is 16.1. The van der Waals surface area contributed by atoms with Crippen molar-refractivity contribution in [1.82, 2.24) is 5.32 Å². The van der Waals surface area contributed by atoms with Crippen LogP contribution in [0.5, 0.6) is 0 Å². The lowest BCUT2D eigenvalue weighted by atomic mass is 10.1. The summed E-state index contributed by atoms with van der Waals surface area (Å²) in [5.41, 5.74) is 1.86. The van der Waals surface area contributed by atoms with E-state index < -0.39 is 0 Å². The van der Waals surface area contributed by atoms with E-state index >= 15 is 0 Å². The lowest BCUT2D eigenvalue weighted by Crippen LogP contribution is -2.35. The molecule has 0 saturated carbocycles. The third-order valence-electron chi connectivity index (χ3n) is 3.65. The number of nitriles is 1. The van der Waals surface area contributed by atoms with Crippen LogP contribution in [0.1, 0.15) is 35.3 Å². The summed E-state index contributed by atoms with van der Waals surface area (Å²) in [7, 11) is 0. The molecule has 1 aliphatic carbocycles. The van der Waals surface area contributed by atoms with Gasteiger partial charge in [-0.05, 0) is 44.2 Å². The second-order valence-electron chi connectivity index (χ2n) is 4.81. The Kier molecular flexibility index (Phi) is 3.06. The Balaban J connectivity index is 1.81. The highest BCUT2D eigenvalue weighted by molar-refractivity contribution is 7.16. The number of rotatable bonds is 2. The van der Waals surface area contributed by atoms with Gasteiger partial charge in [0, 0.05) is 4.88 Å². The molecule has 5 heteroatoms. The van der Waals surface area contributed by atoms with E-state index in [-0.39, 0.29) is 11.9 Å². The minimum absolute atomic E-state index is 0.00363. The SMILES string of the molecule is N#Cc1c(NC(=O)C2CCCN2)sc2c1CCC2. The average Bonchev–Trinajstić information content (AvgIpc) is 3.04. The van der Waals surface area contributed by atoms with Crippen molar-refractivity contribution in [3.63, 3.8) is 0 Å². The molecule has 1 aromatic heterocycles. The molecule has 1 saturated heterocycles. The Morgan fingerprint density at radius 2 is 2.33 bits per heavy atom. The first-order valence-corrected chi connectivity index (χ1v) is 7.20. The van der Waals surface area contributed by atoms with Gasteiger partial charge in [0.25, 0.3) is 0 Å². The molecule has 2 heterocycles. The molecule has 1 atom stereocenters. The summed E-state index contributed by atoms with van der Waals surface area (Å²) >= 11 is 1.58. The van der Waals surface area contributed by atoms with Crippen LogP contribution in [-0.2, 0) is 17.6 Å². The minimum atomic E-state index is -0.0894. The molecule has 94 valence electrons. The molecule has 1 fully saturated rings. The van der Waals surface area contributed by atoms with Crippen molar-refractivity contribution >= 4 is 22.2 Å². The van der Waals surface area contributed by atoms with Gasteiger partial charge < -0.3 is 10.6 Å². The van der Waals surface area contributed by atoms with Crippen molar-refractivity contribution in [3.05, 3.63) is 16.0 Å². The van der Waals surface area contributed by atoms with Crippen LogP contribution in [0.2, 0.25) is 0 Å². The molecular weight excluding hydrogens is 246 g/mol. The van der Waals surface area contributed by atoms with Crippen molar-refractivity contribution < 1.29 is 4.79 Å². The normalized spacial score (nSPS) is 21.6. The Morgan fingerprint density at radius 3 is 3.06 bits per heavy atom. The van der Waals surface area contributed by atoms with Gasteiger partial charge in [-0.15, -0.1) is 11.3 Å². The monoisotopic (exact) mass is 261 g/mol. The van der Waals surface area contributed by atoms with Gasteiger partial charge >= 0.3 is 0 Å². The number of amides is 1. The van der Waals surface area contributed by atoms with E-state index in [9.17, 15) is 10.1 Å². The highest BCUT2D eigenvalue weighted by atomic mass is 32.1. The van der Waals surface area contributed by atoms with Crippen LogP contribution in [0, 0.1) is 11.3 Å². The molecule has 1 amide bonds. The predicted molar refractivity (Wildman–Crippen MR) is 70.7 cm³/mol. The van der Waals surface area contributed by atoms with Crippen LogP contribution in [0.15, 0.2) is 0 Å². The molecule has 0 aromatic carbocycles. The van der Waals surface area contributed by atoms with E-state index in [0.717, 1.165) is 49.2 Å². The van der Waals surface area contributed by atoms with Crippen molar-refractivity contribution in [3.8, 4) is 6.07 Å². The average molecular weight is 261 g/mol. The van der Waals surface area contributed by atoms with E-state index in [1.807, 2.05) is 0 Å². The summed E-state index contributed by atoms with van der Waals surface area (Å²) in [6.07, 6.45) is 5.09. The maximum absolute atomic E-state index is 12.0. The number of carbonyl (C=O) groups excluding carboxylic acids is 1. The highest BCUT2D eigenvalue weighted by Crippen LogP contribution is 2.38. The van der Waals surface area contributed by atoms with Crippen molar-refractivity contribution in [2.75, 3.05) is 11.9 Å². The standard InChI is InChI=1S/C13H15N3OS/c14-7-9-8-3-1-5-11(8)18-13(9)16-12(17)10-4-2-6-15-10/h10,15H,1-6H2,(H,16,17). The second-order valence-corrected chi connectivity index (χ2v) is 5.92.